The molecule has 92 valence electrons. The van der Waals surface area contributed by atoms with Crippen LogP contribution >= 0.6 is 23.1 Å². The average molecular weight is 269 g/mol. The van der Waals surface area contributed by atoms with Crippen molar-refractivity contribution < 1.29 is 4.42 Å². The van der Waals surface area contributed by atoms with Gasteiger partial charge in [0.05, 0.1) is 0 Å². The molecule has 0 atom stereocenters. The van der Waals surface area contributed by atoms with Crippen LogP contribution in [0.4, 0.5) is 0 Å². The highest BCUT2D eigenvalue weighted by molar-refractivity contribution is 7.99. The Kier molecular flexibility index (Phi) is 4.58. The highest BCUT2D eigenvalue weighted by Gasteiger charge is 2.02. The summed E-state index contributed by atoms with van der Waals surface area (Å²) >= 11 is 3.38. The van der Waals surface area contributed by atoms with Gasteiger partial charge in [-0.25, -0.2) is 0 Å². The van der Waals surface area contributed by atoms with Crippen molar-refractivity contribution in [3.05, 3.63) is 27.8 Å². The Morgan fingerprint density at radius 1 is 1.41 bits per heavy atom. The van der Waals surface area contributed by atoms with Crippen molar-refractivity contribution in [2.75, 3.05) is 12.3 Å². The maximum absolute atomic E-state index is 5.27. The quantitative estimate of drug-likeness (QED) is 0.645. The summed E-state index contributed by atoms with van der Waals surface area (Å²) in [6.07, 6.45) is 0. The summed E-state index contributed by atoms with van der Waals surface area (Å²) in [4.78, 5) is 1.41. The lowest BCUT2D eigenvalue weighted by molar-refractivity contribution is 0.429. The maximum atomic E-state index is 5.27. The number of aryl methyl sites for hydroxylation is 2. The summed E-state index contributed by atoms with van der Waals surface area (Å²) < 4.78 is 5.27. The molecular weight excluding hydrogens is 254 g/mol. The lowest BCUT2D eigenvalue weighted by atomic mass is 10.3. The molecule has 0 aliphatic heterocycles. The van der Waals surface area contributed by atoms with Crippen LogP contribution in [0.25, 0.3) is 0 Å². The second-order valence-electron chi connectivity index (χ2n) is 3.64. The molecule has 1 N–H and O–H groups in total. The molecule has 2 rings (SSSR count). The Morgan fingerprint density at radius 3 is 2.94 bits per heavy atom. The van der Waals surface area contributed by atoms with Crippen LogP contribution in [0.5, 0.6) is 0 Å². The number of thiophene rings is 1. The number of nitrogens with one attached hydrogen (secondary N) is 1. The van der Waals surface area contributed by atoms with E-state index in [2.05, 4.69) is 33.9 Å². The van der Waals surface area contributed by atoms with Crippen LogP contribution in [-0.2, 0) is 6.54 Å². The van der Waals surface area contributed by atoms with E-state index in [1.165, 1.54) is 10.4 Å². The molecule has 0 radical (unpaired) electrons. The first-order chi connectivity index (χ1) is 8.25. The molecule has 0 saturated heterocycles. The predicted molar refractivity (Wildman–Crippen MR) is 70.5 cm³/mol. The molecule has 0 aliphatic carbocycles. The number of rotatable bonds is 6. The molecule has 6 heteroatoms. The minimum absolute atomic E-state index is 0.620. The molecule has 2 aromatic rings. The van der Waals surface area contributed by atoms with Crippen molar-refractivity contribution in [1.82, 2.24) is 15.5 Å². The van der Waals surface area contributed by atoms with Crippen LogP contribution in [0, 0.1) is 13.8 Å². The first-order valence-electron chi connectivity index (χ1n) is 5.42. The van der Waals surface area contributed by atoms with Crippen LogP contribution in [0.2, 0.25) is 0 Å². The van der Waals surface area contributed by atoms with Crippen molar-refractivity contribution in [3.8, 4) is 0 Å². The van der Waals surface area contributed by atoms with E-state index >= 15 is 0 Å². The van der Waals surface area contributed by atoms with Crippen LogP contribution in [0.3, 0.4) is 0 Å². The molecule has 0 amide bonds. The topological polar surface area (TPSA) is 51.0 Å². The molecule has 0 aromatic carbocycles. The third kappa shape index (κ3) is 3.83. The van der Waals surface area contributed by atoms with Gasteiger partial charge in [-0.15, -0.1) is 21.5 Å². The van der Waals surface area contributed by atoms with Crippen LogP contribution in [-0.4, -0.2) is 22.5 Å². The number of aromatic nitrogens is 2. The monoisotopic (exact) mass is 269 g/mol. The van der Waals surface area contributed by atoms with E-state index in [9.17, 15) is 0 Å². The molecule has 17 heavy (non-hydrogen) atoms. The zero-order valence-electron chi connectivity index (χ0n) is 9.90. The Labute approximate surface area is 109 Å². The molecule has 0 fully saturated rings. The third-order valence-electron chi connectivity index (χ3n) is 2.27. The van der Waals surface area contributed by atoms with E-state index in [-0.39, 0.29) is 0 Å². The van der Waals surface area contributed by atoms with E-state index in [1.54, 1.807) is 30.0 Å². The second-order valence-corrected chi connectivity index (χ2v) is 5.69. The van der Waals surface area contributed by atoms with Gasteiger partial charge in [0, 0.05) is 30.6 Å². The summed E-state index contributed by atoms with van der Waals surface area (Å²) in [5, 5.41) is 13.9. The van der Waals surface area contributed by atoms with Crippen molar-refractivity contribution in [2.24, 2.45) is 0 Å². The lowest BCUT2D eigenvalue weighted by Gasteiger charge is -2.02. The fourth-order valence-electron chi connectivity index (χ4n) is 1.33. The Morgan fingerprint density at radius 2 is 2.29 bits per heavy atom. The lowest BCUT2D eigenvalue weighted by Crippen LogP contribution is -2.16. The highest BCUT2D eigenvalue weighted by atomic mass is 32.2. The van der Waals surface area contributed by atoms with E-state index in [1.807, 2.05) is 0 Å². The number of thioether (sulfide) groups is 1. The molecule has 4 nitrogen and oxygen atoms in total. The summed E-state index contributed by atoms with van der Waals surface area (Å²) in [6.45, 7) is 5.81. The number of hydrogen-bond donors (Lipinski definition) is 1. The van der Waals surface area contributed by atoms with Gasteiger partial charge in [-0.1, -0.05) is 11.8 Å². The van der Waals surface area contributed by atoms with Gasteiger partial charge in [-0.05, 0) is 23.9 Å². The van der Waals surface area contributed by atoms with Crippen LogP contribution in [0.1, 0.15) is 16.3 Å². The van der Waals surface area contributed by atoms with Crippen molar-refractivity contribution >= 4 is 23.1 Å². The Bertz CT molecular complexity index is 467. The predicted octanol–water partition coefficient (Wildman–Crippen LogP) is 2.63. The normalized spacial score (nSPS) is 10.9. The SMILES string of the molecule is Cc1nnc(SCCNCc2sccc2C)o1. The summed E-state index contributed by atoms with van der Waals surface area (Å²) in [5.74, 6) is 1.56. The smallest absolute Gasteiger partial charge is 0.276 e. The maximum Gasteiger partial charge on any atom is 0.276 e. The van der Waals surface area contributed by atoms with Gasteiger partial charge < -0.3 is 9.73 Å². The van der Waals surface area contributed by atoms with Gasteiger partial charge in [-0.2, -0.15) is 0 Å². The fraction of sp³-hybridized carbons (Fsp3) is 0.455. The summed E-state index contributed by atoms with van der Waals surface area (Å²) in [6, 6.07) is 2.15. The molecule has 2 aromatic heterocycles. The molecule has 0 saturated carbocycles. The minimum Gasteiger partial charge on any atom is -0.416 e. The van der Waals surface area contributed by atoms with Gasteiger partial charge >= 0.3 is 0 Å². The largest absolute Gasteiger partial charge is 0.416 e. The first-order valence-corrected chi connectivity index (χ1v) is 7.29. The zero-order chi connectivity index (χ0) is 12.1. The van der Waals surface area contributed by atoms with Gasteiger partial charge in [-0.3, -0.25) is 0 Å². The van der Waals surface area contributed by atoms with Crippen molar-refractivity contribution in [1.29, 1.82) is 0 Å². The van der Waals surface area contributed by atoms with E-state index in [0.717, 1.165) is 18.8 Å². The molecule has 0 aliphatic rings. The van der Waals surface area contributed by atoms with Crippen LogP contribution in [0.15, 0.2) is 21.1 Å². The standard InChI is InChI=1S/C11H15N3OS2/c1-8-3-5-16-10(8)7-12-4-6-17-11-14-13-9(2)15-11/h3,5,12H,4,6-7H2,1-2H3. The third-order valence-corrected chi connectivity index (χ3v) is 4.11. The zero-order valence-corrected chi connectivity index (χ0v) is 11.5. The van der Waals surface area contributed by atoms with E-state index in [4.69, 9.17) is 4.42 Å². The molecule has 0 spiro atoms. The van der Waals surface area contributed by atoms with E-state index < -0.39 is 0 Å². The number of nitrogens with zero attached hydrogens (tertiary/aromatic N) is 2. The molecule has 0 unspecified atom stereocenters. The van der Waals surface area contributed by atoms with Gasteiger partial charge in [0.2, 0.25) is 5.89 Å². The Hall–Kier alpha value is -0.850. The molecule has 2 heterocycles. The fourth-order valence-corrected chi connectivity index (χ4v) is 2.91. The highest BCUT2D eigenvalue weighted by Crippen LogP contribution is 2.16. The average Bonchev–Trinajstić information content (AvgIpc) is 2.88. The van der Waals surface area contributed by atoms with Crippen molar-refractivity contribution in [2.45, 2.75) is 25.6 Å². The van der Waals surface area contributed by atoms with Gasteiger partial charge in [0.15, 0.2) is 0 Å². The molecule has 0 bridgehead atoms. The summed E-state index contributed by atoms with van der Waals surface area (Å²) in [7, 11) is 0. The minimum atomic E-state index is 0.620. The summed E-state index contributed by atoms with van der Waals surface area (Å²) in [5.41, 5.74) is 1.36. The van der Waals surface area contributed by atoms with Crippen molar-refractivity contribution in [3.63, 3.8) is 0 Å². The second kappa shape index (κ2) is 6.18. The first kappa shape index (κ1) is 12.6. The molecular formula is C11H15N3OS2. The van der Waals surface area contributed by atoms with Gasteiger partial charge in [0.1, 0.15) is 0 Å². The number of hydrogen-bond acceptors (Lipinski definition) is 6. The van der Waals surface area contributed by atoms with E-state index in [0.29, 0.717) is 11.1 Å². The van der Waals surface area contributed by atoms with Crippen LogP contribution < -0.4 is 5.32 Å². The Balaban J connectivity index is 1.62. The van der Waals surface area contributed by atoms with Gasteiger partial charge in [0.25, 0.3) is 5.22 Å².